The van der Waals surface area contributed by atoms with Gasteiger partial charge in [-0.15, -0.1) is 0 Å². The Balaban J connectivity index is 0.000000489. The molecule has 462 valence electrons. The molecule has 0 spiro atoms. The molecule has 0 atom stereocenters. The molecule has 0 amide bonds. The topological polar surface area (TPSA) is 336 Å². The van der Waals surface area contributed by atoms with Gasteiger partial charge in [-0.05, 0) is 210 Å². The van der Waals surface area contributed by atoms with Gasteiger partial charge in [0.05, 0.1) is 25.9 Å². The fourth-order valence-electron chi connectivity index (χ4n) is 14.2. The lowest BCUT2D eigenvalue weighted by atomic mass is 9.71. The molecule has 16 N–H and O–H groups in total. The van der Waals surface area contributed by atoms with Crippen LogP contribution in [0, 0.1) is 11.3 Å². The summed E-state index contributed by atoms with van der Waals surface area (Å²) >= 11 is 0. The van der Waals surface area contributed by atoms with Crippen LogP contribution in [0.1, 0.15) is 203 Å². The molecular weight excluding hydrogens is 1000 g/mol. The number of aliphatic carboxylic acids is 1. The Kier molecular flexibility index (Phi) is 26.0. The quantitative estimate of drug-likeness (QED) is 0.122. The van der Waals surface area contributed by atoms with Crippen LogP contribution >= 0.6 is 0 Å². The zero-order valence-corrected chi connectivity index (χ0v) is 52.7. The molecule has 0 radical (unpaired) electrons. The van der Waals surface area contributed by atoms with Crippen molar-refractivity contribution in [1.29, 1.82) is 5.26 Å². The minimum absolute atomic E-state index is 0.0974. The van der Waals surface area contributed by atoms with Crippen LogP contribution in [0.5, 0.6) is 0 Å². The standard InChI is InChI=1S/C13H28N2O3.C12H26N2O2.C11H25N3O.C10H19N3O.C10H20N2O3/c1-12(2)9-11(10-13(3,4)15(12)18)14(5-7-16)6-8-17;1-11(2)8-10(13(5)6-7-15)9-12(3,4)14(11)16;1-10(2)7-9(13-6-5-12)8-11(3,4)14(10)15;1-8(2)5-10(12,7-11)6-9(3,4)13(8)14;1-8(2)5-10(11,7(13)14)6-9(3,4)12(8)15/h11,16-18H,5-10H2,1-4H3;10,15-16H,6-9H2,1-5H3;9,13,15H,5-8,12H2,1-4H3;14H,5-6,12H2,1-4H3;15H,5-6,11H2,1-4H3,(H,13,14). The van der Waals surface area contributed by atoms with E-state index in [0.717, 1.165) is 45.1 Å². The lowest BCUT2D eigenvalue weighted by Gasteiger charge is -2.53. The Bertz CT molecular complexity index is 1810. The smallest absolute Gasteiger partial charge is 0.323 e. The van der Waals surface area contributed by atoms with E-state index in [1.807, 2.05) is 62.4 Å². The highest BCUT2D eigenvalue weighted by Gasteiger charge is 2.55. The molecule has 0 bridgehead atoms. The van der Waals surface area contributed by atoms with Gasteiger partial charge in [0.15, 0.2) is 0 Å². The number of aliphatic hydroxyl groups is 3. The highest BCUT2D eigenvalue weighted by atomic mass is 16.5. The third-order valence-electron chi connectivity index (χ3n) is 16.8. The van der Waals surface area contributed by atoms with Gasteiger partial charge in [0.2, 0.25) is 0 Å². The van der Waals surface area contributed by atoms with Gasteiger partial charge in [0.25, 0.3) is 0 Å². The van der Waals surface area contributed by atoms with Crippen molar-refractivity contribution in [2.75, 3.05) is 59.6 Å². The Morgan fingerprint density at radius 3 is 1.08 bits per heavy atom. The van der Waals surface area contributed by atoms with Gasteiger partial charge in [-0.3, -0.25) is 9.69 Å². The molecule has 0 unspecified atom stereocenters. The summed E-state index contributed by atoms with van der Waals surface area (Å²) in [6.07, 6.45) is 6.82. The lowest BCUT2D eigenvalue weighted by molar-refractivity contribution is -0.253. The fraction of sp³-hybridized carbons (Fsp3) is 0.964. The molecule has 5 saturated heterocycles. The highest BCUT2D eigenvalue weighted by molar-refractivity contribution is 5.79. The van der Waals surface area contributed by atoms with E-state index >= 15 is 0 Å². The minimum Gasteiger partial charge on any atom is -0.480 e. The Morgan fingerprint density at radius 1 is 0.513 bits per heavy atom. The average molecular weight is 1120 g/mol. The first kappa shape index (κ1) is 74.2. The Morgan fingerprint density at radius 2 is 0.795 bits per heavy atom. The summed E-state index contributed by atoms with van der Waals surface area (Å²) in [7, 11) is 2.04. The summed E-state index contributed by atoms with van der Waals surface area (Å²) in [5.41, 5.74) is 11.7. The van der Waals surface area contributed by atoms with Crippen LogP contribution in [-0.2, 0) is 4.79 Å². The van der Waals surface area contributed by atoms with Crippen LogP contribution in [0.2, 0.25) is 0 Å². The van der Waals surface area contributed by atoms with Crippen molar-refractivity contribution in [2.24, 2.45) is 17.2 Å². The maximum absolute atomic E-state index is 11.1. The second-order valence-electron chi connectivity index (χ2n) is 29.8. The van der Waals surface area contributed by atoms with E-state index in [1.165, 1.54) is 25.3 Å². The molecule has 0 aromatic heterocycles. The predicted molar refractivity (Wildman–Crippen MR) is 306 cm³/mol. The predicted octanol–water partition coefficient (Wildman–Crippen LogP) is 5.01. The van der Waals surface area contributed by atoms with Crippen molar-refractivity contribution in [2.45, 2.75) is 287 Å². The van der Waals surface area contributed by atoms with E-state index in [2.05, 4.69) is 76.6 Å². The maximum Gasteiger partial charge on any atom is 0.323 e. The van der Waals surface area contributed by atoms with Gasteiger partial charge < -0.3 is 73.9 Å². The number of nitriles is 1. The number of carboxylic acids is 1. The Hall–Kier alpha value is -1.80. The molecule has 5 aliphatic heterocycles. The first-order valence-corrected chi connectivity index (χ1v) is 28.3. The van der Waals surface area contributed by atoms with Gasteiger partial charge in [-0.2, -0.15) is 30.6 Å². The van der Waals surface area contributed by atoms with Crippen LogP contribution in [-0.4, -0.2) is 232 Å². The number of nitrogens with two attached hydrogens (primary N) is 3. The Labute approximate surface area is 471 Å². The molecule has 5 rings (SSSR count). The van der Waals surface area contributed by atoms with Crippen LogP contribution in [0.3, 0.4) is 0 Å². The lowest BCUT2D eigenvalue weighted by Crippen LogP contribution is -2.69. The molecule has 0 aliphatic carbocycles. The second kappa shape index (κ2) is 27.3. The zero-order valence-electron chi connectivity index (χ0n) is 52.7. The van der Waals surface area contributed by atoms with Gasteiger partial charge in [-0.25, -0.2) is 0 Å². The summed E-state index contributed by atoms with van der Waals surface area (Å²) in [6, 6.07) is 3.29. The number of nitrogens with one attached hydrogen (secondary N) is 1. The SMILES string of the molecule is CC1(C)CC(N(CCO)CCO)CC(C)(C)N1O.CC1(C)CC(N)(C#N)CC(C)(C)N1O.CC1(C)CC(N)(C(=O)O)CC(C)(C)N1O.CC1(C)CC(NCCN)CC(C)(C)N1O.CN(CCO)C1CC(C)(C)N(O)C(C)(C)C1. The van der Waals surface area contributed by atoms with Gasteiger partial charge in [-0.1, -0.05) is 0 Å². The number of likely N-dealkylation sites (N-methyl/N-ethyl adjacent to an activating group) is 1. The minimum atomic E-state index is -1.26. The van der Waals surface area contributed by atoms with E-state index in [9.17, 15) is 30.8 Å². The van der Waals surface area contributed by atoms with E-state index in [4.69, 9.17) is 42.9 Å². The molecule has 5 aliphatic rings. The van der Waals surface area contributed by atoms with E-state index in [0.29, 0.717) is 51.1 Å². The third-order valence-corrected chi connectivity index (χ3v) is 16.8. The van der Waals surface area contributed by atoms with E-state index in [-0.39, 0.29) is 71.9 Å². The van der Waals surface area contributed by atoms with Crippen molar-refractivity contribution in [1.82, 2.24) is 40.4 Å². The highest BCUT2D eigenvalue weighted by Crippen LogP contribution is 2.44. The molecular formula is C56H118N12O10. The number of carboxylic acid groups (broad SMARTS) is 1. The number of hydroxylamine groups is 10. The zero-order chi connectivity index (χ0) is 61.5. The molecule has 0 saturated carbocycles. The molecule has 5 heterocycles. The molecule has 78 heavy (non-hydrogen) atoms. The summed E-state index contributed by atoms with van der Waals surface area (Å²) in [6.45, 7) is 43.1. The van der Waals surface area contributed by atoms with E-state index < -0.39 is 39.2 Å². The summed E-state index contributed by atoms with van der Waals surface area (Å²) in [4.78, 5) is 15.4. The van der Waals surface area contributed by atoms with Crippen molar-refractivity contribution in [3.63, 3.8) is 0 Å². The van der Waals surface area contributed by atoms with Gasteiger partial charge in [0.1, 0.15) is 11.1 Å². The normalized spacial score (nSPS) is 27.0. The summed E-state index contributed by atoms with van der Waals surface area (Å²) in [5.74, 6) is -1.00. The average Bonchev–Trinajstić information content (AvgIpc) is 3.26. The van der Waals surface area contributed by atoms with Crippen LogP contribution < -0.4 is 22.5 Å². The summed E-state index contributed by atoms with van der Waals surface area (Å²) in [5, 5.41) is 106. The number of aliphatic hydroxyl groups excluding tert-OH is 3. The van der Waals surface area contributed by atoms with Crippen LogP contribution in [0.4, 0.5) is 0 Å². The van der Waals surface area contributed by atoms with Crippen molar-refractivity contribution < 1.29 is 51.3 Å². The number of rotatable bonds is 12. The largest absolute Gasteiger partial charge is 0.480 e. The monoisotopic (exact) mass is 1120 g/mol. The number of hydrogen-bond donors (Lipinski definition) is 13. The van der Waals surface area contributed by atoms with Crippen LogP contribution in [0.25, 0.3) is 0 Å². The summed E-state index contributed by atoms with van der Waals surface area (Å²) < 4.78 is 0. The van der Waals surface area contributed by atoms with Crippen LogP contribution in [0.15, 0.2) is 0 Å². The first-order valence-electron chi connectivity index (χ1n) is 28.3. The van der Waals surface area contributed by atoms with Gasteiger partial charge in [0, 0.05) is 106 Å². The number of nitrogens with zero attached hydrogens (tertiary/aromatic N) is 8. The first-order chi connectivity index (χ1) is 34.9. The van der Waals surface area contributed by atoms with E-state index in [1.54, 1.807) is 27.7 Å². The molecule has 22 nitrogen and oxygen atoms in total. The van der Waals surface area contributed by atoms with Crippen molar-refractivity contribution >= 4 is 5.97 Å². The number of carbonyl (C=O) groups is 1. The van der Waals surface area contributed by atoms with Crippen molar-refractivity contribution in [3.8, 4) is 6.07 Å². The molecule has 5 fully saturated rings. The molecule has 0 aromatic rings. The number of piperidine rings is 5. The number of hydrogen-bond acceptors (Lipinski definition) is 21. The second-order valence-corrected chi connectivity index (χ2v) is 29.8. The van der Waals surface area contributed by atoms with Crippen molar-refractivity contribution in [3.05, 3.63) is 0 Å². The maximum atomic E-state index is 11.1. The fourth-order valence-corrected chi connectivity index (χ4v) is 14.2. The molecule has 0 aromatic carbocycles. The third kappa shape index (κ3) is 19.7. The molecule has 22 heteroatoms. The van der Waals surface area contributed by atoms with Gasteiger partial charge >= 0.3 is 5.97 Å².